The van der Waals surface area contributed by atoms with Crippen molar-refractivity contribution in [1.29, 1.82) is 0 Å². The molecule has 3 heterocycles. The largest absolute Gasteiger partial charge is 0.485 e. The molecular formula is C28H23ClF3N3O4. The number of nitrogens with zero attached hydrogens (tertiary/aromatic N) is 3. The number of carboxylic acids is 1. The van der Waals surface area contributed by atoms with Crippen LogP contribution in [0.15, 0.2) is 53.6 Å². The van der Waals surface area contributed by atoms with E-state index in [4.69, 9.17) is 16.3 Å². The van der Waals surface area contributed by atoms with Gasteiger partial charge in [-0.3, -0.25) is 24.1 Å². The normalized spacial score (nSPS) is 11.5. The molecule has 7 nitrogen and oxygen atoms in total. The molecule has 202 valence electrons. The standard InChI is InChI=1S/C28H23ClF3N3O4/c1-14-11-34-24(16-6-5-7-17(9-16)28(3,4)27(37)38)23(32)25(14)35-15(2)8-21(22(29)26(35)36)39-13-20-19(31)10-18(30)12-33-20/h5-12H,13H2,1-4H3,(H,37,38). The Labute approximate surface area is 226 Å². The van der Waals surface area contributed by atoms with Gasteiger partial charge in [0.25, 0.3) is 5.56 Å². The molecule has 11 heteroatoms. The molecule has 0 amide bonds. The number of pyridine rings is 3. The van der Waals surface area contributed by atoms with E-state index in [1.165, 1.54) is 33.0 Å². The van der Waals surface area contributed by atoms with Gasteiger partial charge in [-0.2, -0.15) is 0 Å². The van der Waals surface area contributed by atoms with E-state index in [0.29, 0.717) is 22.8 Å². The Hall–Kier alpha value is -4.18. The second-order valence-electron chi connectivity index (χ2n) is 9.44. The molecule has 0 fully saturated rings. The van der Waals surface area contributed by atoms with Crippen LogP contribution in [0.4, 0.5) is 13.2 Å². The number of hydrogen-bond acceptors (Lipinski definition) is 5. The fourth-order valence-electron chi connectivity index (χ4n) is 3.98. The maximum Gasteiger partial charge on any atom is 0.313 e. The average Bonchev–Trinajstić information content (AvgIpc) is 2.88. The molecule has 0 saturated heterocycles. The van der Waals surface area contributed by atoms with Crippen LogP contribution >= 0.6 is 11.6 Å². The first-order chi connectivity index (χ1) is 18.3. The highest BCUT2D eigenvalue weighted by Gasteiger charge is 2.30. The third-order valence-corrected chi connectivity index (χ3v) is 6.69. The van der Waals surface area contributed by atoms with Gasteiger partial charge in [0.05, 0.1) is 17.3 Å². The van der Waals surface area contributed by atoms with E-state index in [2.05, 4.69) is 9.97 Å². The monoisotopic (exact) mass is 557 g/mol. The minimum absolute atomic E-state index is 0.0840. The van der Waals surface area contributed by atoms with Crippen molar-refractivity contribution in [2.24, 2.45) is 0 Å². The van der Waals surface area contributed by atoms with Gasteiger partial charge in [-0.1, -0.05) is 29.8 Å². The Kier molecular flexibility index (Phi) is 7.52. The summed E-state index contributed by atoms with van der Waals surface area (Å²) in [5, 5.41) is 9.21. The van der Waals surface area contributed by atoms with Gasteiger partial charge in [0.2, 0.25) is 0 Å². The number of ether oxygens (including phenoxy) is 1. The van der Waals surface area contributed by atoms with Crippen molar-refractivity contribution >= 4 is 17.6 Å². The minimum atomic E-state index is -1.23. The maximum absolute atomic E-state index is 16.0. The number of carboxylic acid groups (broad SMARTS) is 1. The highest BCUT2D eigenvalue weighted by atomic mass is 35.5. The van der Waals surface area contributed by atoms with Crippen molar-refractivity contribution in [3.63, 3.8) is 0 Å². The fraction of sp³-hybridized carbons (Fsp3) is 0.214. The third kappa shape index (κ3) is 5.24. The van der Waals surface area contributed by atoms with Crippen molar-refractivity contribution in [3.8, 4) is 22.7 Å². The van der Waals surface area contributed by atoms with Gasteiger partial charge in [-0.25, -0.2) is 13.2 Å². The molecule has 0 atom stereocenters. The van der Waals surface area contributed by atoms with Crippen molar-refractivity contribution < 1.29 is 27.8 Å². The predicted octanol–water partition coefficient (Wildman–Crippen LogP) is 5.92. The minimum Gasteiger partial charge on any atom is -0.485 e. The van der Waals surface area contributed by atoms with Crippen LogP contribution < -0.4 is 10.3 Å². The number of halogens is 4. The summed E-state index contributed by atoms with van der Waals surface area (Å²) >= 11 is 6.29. The summed E-state index contributed by atoms with van der Waals surface area (Å²) in [7, 11) is 0. The predicted molar refractivity (Wildman–Crippen MR) is 139 cm³/mol. The van der Waals surface area contributed by atoms with Gasteiger partial charge in [-0.05, 0) is 44.9 Å². The molecule has 1 N–H and O–H groups in total. The SMILES string of the molecule is Cc1cnc(-c2cccc(C(C)(C)C(=O)O)c2)c(F)c1-n1c(C)cc(OCc2ncc(F)cc2F)c(Cl)c1=O. The summed E-state index contributed by atoms with van der Waals surface area (Å²) in [4.78, 5) is 32.9. The first-order valence-electron chi connectivity index (χ1n) is 11.7. The van der Waals surface area contributed by atoms with Gasteiger partial charge >= 0.3 is 5.97 Å². The maximum atomic E-state index is 16.0. The molecule has 3 aromatic heterocycles. The molecule has 39 heavy (non-hydrogen) atoms. The zero-order chi connectivity index (χ0) is 28.6. The number of aromatic nitrogens is 3. The van der Waals surface area contributed by atoms with E-state index in [1.54, 1.807) is 31.2 Å². The number of rotatable bonds is 7. The van der Waals surface area contributed by atoms with Crippen molar-refractivity contribution in [2.45, 2.75) is 39.7 Å². The zero-order valence-corrected chi connectivity index (χ0v) is 22.1. The first kappa shape index (κ1) is 27.8. The van der Waals surface area contributed by atoms with Crippen LogP contribution in [-0.2, 0) is 16.8 Å². The molecule has 4 rings (SSSR count). The number of hydrogen-bond donors (Lipinski definition) is 1. The van der Waals surface area contributed by atoms with Crippen LogP contribution in [0.1, 0.15) is 36.4 Å². The topological polar surface area (TPSA) is 94.3 Å². The Balaban J connectivity index is 1.77. The Morgan fingerprint density at radius 2 is 1.82 bits per heavy atom. The lowest BCUT2D eigenvalue weighted by Gasteiger charge is -2.21. The van der Waals surface area contributed by atoms with Crippen molar-refractivity contribution in [2.75, 3.05) is 0 Å². The smallest absolute Gasteiger partial charge is 0.313 e. The molecule has 4 aromatic rings. The molecule has 0 radical (unpaired) electrons. The first-order valence-corrected chi connectivity index (χ1v) is 12.0. The van der Waals surface area contributed by atoms with E-state index in [1.807, 2.05) is 0 Å². The van der Waals surface area contributed by atoms with Crippen LogP contribution in [0.2, 0.25) is 5.02 Å². The quantitative estimate of drug-likeness (QED) is 0.303. The van der Waals surface area contributed by atoms with Crippen molar-refractivity contribution in [1.82, 2.24) is 14.5 Å². The van der Waals surface area contributed by atoms with E-state index >= 15 is 4.39 Å². The van der Waals surface area contributed by atoms with Gasteiger partial charge in [-0.15, -0.1) is 0 Å². The molecule has 0 bridgehead atoms. The molecule has 0 unspecified atom stereocenters. The molecule has 0 saturated carbocycles. The van der Waals surface area contributed by atoms with Crippen LogP contribution in [-0.4, -0.2) is 25.6 Å². The number of benzene rings is 1. The third-order valence-electron chi connectivity index (χ3n) is 6.34. The molecule has 0 aliphatic carbocycles. The Bertz CT molecular complexity index is 1670. The summed E-state index contributed by atoms with van der Waals surface area (Å²) in [6.07, 6.45) is 2.23. The summed E-state index contributed by atoms with van der Waals surface area (Å²) in [5.41, 5.74) is -1.03. The molecular weight excluding hydrogens is 535 g/mol. The Morgan fingerprint density at radius 1 is 1.10 bits per heavy atom. The Morgan fingerprint density at radius 3 is 2.49 bits per heavy atom. The summed E-state index contributed by atoms with van der Waals surface area (Å²) in [5.74, 6) is -3.72. The van der Waals surface area contributed by atoms with Crippen molar-refractivity contribution in [3.05, 3.63) is 104 Å². The van der Waals surface area contributed by atoms with Crippen LogP contribution in [0.3, 0.4) is 0 Å². The van der Waals surface area contributed by atoms with E-state index in [-0.39, 0.29) is 33.5 Å². The molecule has 0 spiro atoms. The lowest BCUT2D eigenvalue weighted by atomic mass is 9.84. The summed E-state index contributed by atoms with van der Waals surface area (Å²) in [6, 6.07) is 8.41. The molecule has 0 aliphatic rings. The van der Waals surface area contributed by atoms with Crippen LogP contribution in [0, 0.1) is 31.3 Å². The molecule has 1 aromatic carbocycles. The van der Waals surface area contributed by atoms with E-state index in [9.17, 15) is 23.5 Å². The second kappa shape index (κ2) is 10.5. The fourth-order valence-corrected chi connectivity index (χ4v) is 4.17. The highest BCUT2D eigenvalue weighted by molar-refractivity contribution is 6.31. The number of aryl methyl sites for hydroxylation is 2. The number of aliphatic carboxylic acids is 1. The second-order valence-corrected chi connectivity index (χ2v) is 9.82. The van der Waals surface area contributed by atoms with E-state index in [0.717, 1.165) is 10.8 Å². The van der Waals surface area contributed by atoms with E-state index < -0.39 is 41.0 Å². The number of carbonyl (C=O) groups is 1. The molecule has 0 aliphatic heterocycles. The summed E-state index contributed by atoms with van der Waals surface area (Å²) < 4.78 is 49.7. The summed E-state index contributed by atoms with van der Waals surface area (Å²) in [6.45, 7) is 5.76. The zero-order valence-electron chi connectivity index (χ0n) is 21.4. The average molecular weight is 558 g/mol. The van der Waals surface area contributed by atoms with Gasteiger partial charge in [0, 0.05) is 29.6 Å². The lowest BCUT2D eigenvalue weighted by Crippen LogP contribution is -2.28. The lowest BCUT2D eigenvalue weighted by molar-refractivity contribution is -0.142. The van der Waals surface area contributed by atoms with Gasteiger partial charge < -0.3 is 9.84 Å². The van der Waals surface area contributed by atoms with Gasteiger partial charge in [0.1, 0.15) is 34.6 Å². The van der Waals surface area contributed by atoms with Crippen LogP contribution in [0.25, 0.3) is 16.9 Å². The van der Waals surface area contributed by atoms with Gasteiger partial charge in [0.15, 0.2) is 11.6 Å². The highest BCUT2D eigenvalue weighted by Crippen LogP contribution is 2.32. The van der Waals surface area contributed by atoms with Crippen LogP contribution in [0.5, 0.6) is 5.75 Å².